The predicted molar refractivity (Wildman–Crippen MR) is 65.0 cm³/mol. The van der Waals surface area contributed by atoms with Gasteiger partial charge >= 0.3 is 5.97 Å². The molecule has 0 radical (unpaired) electrons. The van der Waals surface area contributed by atoms with Gasteiger partial charge in [-0.3, -0.25) is 4.79 Å². The van der Waals surface area contributed by atoms with E-state index in [4.69, 9.17) is 10.5 Å². The van der Waals surface area contributed by atoms with Crippen molar-refractivity contribution in [2.24, 2.45) is 17.6 Å². The molecule has 3 heteroatoms. The van der Waals surface area contributed by atoms with Gasteiger partial charge < -0.3 is 10.5 Å². The van der Waals surface area contributed by atoms with Gasteiger partial charge in [0, 0.05) is 6.04 Å². The lowest BCUT2D eigenvalue weighted by Gasteiger charge is -2.33. The highest BCUT2D eigenvalue weighted by atomic mass is 16.5. The Kier molecular flexibility index (Phi) is 5.81. The van der Waals surface area contributed by atoms with Gasteiger partial charge in [0.1, 0.15) is 0 Å². The first-order valence-corrected chi connectivity index (χ1v) is 6.61. The molecule has 1 fully saturated rings. The van der Waals surface area contributed by atoms with Crippen LogP contribution in [0, 0.1) is 11.8 Å². The zero-order chi connectivity index (χ0) is 12.0. The molecule has 0 aromatic carbocycles. The highest BCUT2D eigenvalue weighted by Gasteiger charge is 2.34. The molecule has 0 amide bonds. The van der Waals surface area contributed by atoms with E-state index in [1.54, 1.807) is 0 Å². The minimum Gasteiger partial charge on any atom is -0.466 e. The maximum atomic E-state index is 11.8. The zero-order valence-corrected chi connectivity index (χ0v) is 10.6. The topological polar surface area (TPSA) is 52.3 Å². The van der Waals surface area contributed by atoms with Gasteiger partial charge in [0.25, 0.3) is 0 Å². The fourth-order valence-corrected chi connectivity index (χ4v) is 2.65. The zero-order valence-electron chi connectivity index (χ0n) is 10.6. The second-order valence-electron chi connectivity index (χ2n) is 4.83. The van der Waals surface area contributed by atoms with Crippen LogP contribution in [0.5, 0.6) is 0 Å². The molecule has 1 rings (SSSR count). The van der Waals surface area contributed by atoms with E-state index in [9.17, 15) is 4.79 Å². The van der Waals surface area contributed by atoms with Crippen LogP contribution in [0.2, 0.25) is 0 Å². The standard InChI is InChI=1S/C13H25NO2/c1-3-5-6-10-9-11(14)7-8-12(10)13(15)16-4-2/h10-12H,3-9,14H2,1-2H3. The molecule has 0 aliphatic heterocycles. The maximum absolute atomic E-state index is 11.8. The summed E-state index contributed by atoms with van der Waals surface area (Å²) in [5.74, 6) is 0.546. The van der Waals surface area contributed by atoms with Gasteiger partial charge in [-0.2, -0.15) is 0 Å². The molecule has 3 unspecified atom stereocenters. The molecular formula is C13H25NO2. The molecule has 3 nitrogen and oxygen atoms in total. The molecule has 3 atom stereocenters. The van der Waals surface area contributed by atoms with Crippen molar-refractivity contribution in [2.75, 3.05) is 6.61 Å². The summed E-state index contributed by atoms with van der Waals surface area (Å²) in [6.07, 6.45) is 6.35. The van der Waals surface area contributed by atoms with E-state index in [1.807, 2.05) is 6.92 Å². The highest BCUT2D eigenvalue weighted by molar-refractivity contribution is 5.72. The van der Waals surface area contributed by atoms with Crippen LogP contribution in [0.1, 0.15) is 52.4 Å². The average Bonchev–Trinajstić information content (AvgIpc) is 2.26. The lowest BCUT2D eigenvalue weighted by molar-refractivity contribution is -0.151. The van der Waals surface area contributed by atoms with Gasteiger partial charge in [-0.15, -0.1) is 0 Å². The van der Waals surface area contributed by atoms with Crippen molar-refractivity contribution in [3.8, 4) is 0 Å². The smallest absolute Gasteiger partial charge is 0.309 e. The molecule has 0 aromatic heterocycles. The van der Waals surface area contributed by atoms with Crippen LogP contribution in [0.25, 0.3) is 0 Å². The van der Waals surface area contributed by atoms with Crippen molar-refractivity contribution >= 4 is 5.97 Å². The van der Waals surface area contributed by atoms with Crippen molar-refractivity contribution < 1.29 is 9.53 Å². The molecule has 0 heterocycles. The van der Waals surface area contributed by atoms with Crippen LogP contribution in [0.15, 0.2) is 0 Å². The summed E-state index contributed by atoms with van der Waals surface area (Å²) < 4.78 is 5.15. The minimum absolute atomic E-state index is 0.00416. The number of hydrogen-bond acceptors (Lipinski definition) is 3. The summed E-state index contributed by atoms with van der Waals surface area (Å²) in [5, 5.41) is 0. The first-order chi connectivity index (χ1) is 7.69. The minimum atomic E-state index is -0.00416. The van der Waals surface area contributed by atoms with Gasteiger partial charge in [0.2, 0.25) is 0 Å². The number of ether oxygens (including phenoxy) is 1. The Labute approximate surface area is 98.7 Å². The largest absolute Gasteiger partial charge is 0.466 e. The third-order valence-corrected chi connectivity index (χ3v) is 3.54. The number of unbranched alkanes of at least 4 members (excludes halogenated alkanes) is 1. The predicted octanol–water partition coefficient (Wildman–Crippen LogP) is 2.48. The molecular weight excluding hydrogens is 202 g/mol. The van der Waals surface area contributed by atoms with E-state index in [2.05, 4.69) is 6.92 Å². The van der Waals surface area contributed by atoms with E-state index in [0.717, 1.165) is 25.7 Å². The number of rotatable bonds is 5. The van der Waals surface area contributed by atoms with E-state index in [1.165, 1.54) is 12.8 Å². The Morgan fingerprint density at radius 3 is 2.75 bits per heavy atom. The third-order valence-electron chi connectivity index (χ3n) is 3.54. The summed E-state index contributed by atoms with van der Waals surface area (Å²) in [4.78, 5) is 11.8. The van der Waals surface area contributed by atoms with E-state index in [-0.39, 0.29) is 17.9 Å². The molecule has 1 saturated carbocycles. The summed E-state index contributed by atoms with van der Waals surface area (Å²) in [6.45, 7) is 4.54. The molecule has 0 bridgehead atoms. The summed E-state index contributed by atoms with van der Waals surface area (Å²) >= 11 is 0. The lowest BCUT2D eigenvalue weighted by Crippen LogP contribution is -2.37. The monoisotopic (exact) mass is 227 g/mol. The van der Waals surface area contributed by atoms with Gasteiger partial charge in [0.15, 0.2) is 0 Å². The quantitative estimate of drug-likeness (QED) is 0.734. The molecule has 0 aromatic rings. The number of esters is 1. The van der Waals surface area contributed by atoms with Crippen LogP contribution >= 0.6 is 0 Å². The van der Waals surface area contributed by atoms with Crippen LogP contribution in [-0.2, 0) is 9.53 Å². The maximum Gasteiger partial charge on any atom is 0.309 e. The van der Waals surface area contributed by atoms with Crippen LogP contribution < -0.4 is 5.73 Å². The molecule has 94 valence electrons. The average molecular weight is 227 g/mol. The molecule has 0 spiro atoms. The van der Waals surface area contributed by atoms with Crippen molar-refractivity contribution in [1.29, 1.82) is 0 Å². The van der Waals surface area contributed by atoms with E-state index in [0.29, 0.717) is 12.5 Å². The summed E-state index contributed by atoms with van der Waals surface area (Å²) in [5.41, 5.74) is 5.98. The van der Waals surface area contributed by atoms with Crippen LogP contribution in [0.4, 0.5) is 0 Å². The first-order valence-electron chi connectivity index (χ1n) is 6.61. The van der Waals surface area contributed by atoms with Gasteiger partial charge in [-0.1, -0.05) is 19.8 Å². The highest BCUT2D eigenvalue weighted by Crippen LogP contribution is 2.33. The Bertz CT molecular complexity index is 218. The molecule has 1 aliphatic carbocycles. The number of carbonyl (C=O) groups excluding carboxylic acids is 1. The fourth-order valence-electron chi connectivity index (χ4n) is 2.65. The second kappa shape index (κ2) is 6.89. The molecule has 16 heavy (non-hydrogen) atoms. The molecule has 0 saturated heterocycles. The third kappa shape index (κ3) is 3.78. The Morgan fingerprint density at radius 2 is 2.12 bits per heavy atom. The molecule has 1 aliphatic rings. The number of nitrogens with two attached hydrogens (primary N) is 1. The van der Waals surface area contributed by atoms with Crippen molar-refractivity contribution in [3.05, 3.63) is 0 Å². The van der Waals surface area contributed by atoms with Gasteiger partial charge in [-0.25, -0.2) is 0 Å². The normalized spacial score (nSPS) is 30.1. The van der Waals surface area contributed by atoms with Crippen molar-refractivity contribution in [1.82, 2.24) is 0 Å². The SMILES string of the molecule is CCCCC1CC(N)CCC1C(=O)OCC. The Balaban J connectivity index is 2.53. The van der Waals surface area contributed by atoms with Crippen LogP contribution in [0.3, 0.4) is 0 Å². The molecule has 2 N–H and O–H groups in total. The number of hydrogen-bond donors (Lipinski definition) is 1. The van der Waals surface area contributed by atoms with Gasteiger partial charge in [0.05, 0.1) is 12.5 Å². The van der Waals surface area contributed by atoms with Crippen LogP contribution in [-0.4, -0.2) is 18.6 Å². The van der Waals surface area contributed by atoms with E-state index < -0.39 is 0 Å². The lowest BCUT2D eigenvalue weighted by atomic mass is 9.75. The van der Waals surface area contributed by atoms with Crippen molar-refractivity contribution in [2.45, 2.75) is 58.4 Å². The summed E-state index contributed by atoms with van der Waals surface area (Å²) in [7, 11) is 0. The fraction of sp³-hybridized carbons (Fsp3) is 0.923. The summed E-state index contributed by atoms with van der Waals surface area (Å²) in [6, 6.07) is 0.285. The Hall–Kier alpha value is -0.570. The first kappa shape index (κ1) is 13.5. The number of carbonyl (C=O) groups is 1. The Morgan fingerprint density at radius 1 is 1.38 bits per heavy atom. The van der Waals surface area contributed by atoms with Gasteiger partial charge in [-0.05, 0) is 38.5 Å². The van der Waals surface area contributed by atoms with Crippen molar-refractivity contribution in [3.63, 3.8) is 0 Å². The second-order valence-corrected chi connectivity index (χ2v) is 4.83. The van der Waals surface area contributed by atoms with E-state index >= 15 is 0 Å².